The zero-order valence-corrected chi connectivity index (χ0v) is 13.6. The number of nitrogens with zero attached hydrogens (tertiary/aromatic N) is 2. The minimum absolute atomic E-state index is 0.484. The molecule has 2 aromatic heterocycles. The number of hydrogen-bond donors (Lipinski definition) is 0. The second kappa shape index (κ2) is 5.89. The Morgan fingerprint density at radius 3 is 2.75 bits per heavy atom. The van der Waals surface area contributed by atoms with Crippen molar-refractivity contribution in [3.05, 3.63) is 63.3 Å². The molecular formula is C15H10Br2N2O. The van der Waals surface area contributed by atoms with Gasteiger partial charge in [-0.15, -0.1) is 0 Å². The van der Waals surface area contributed by atoms with Crippen molar-refractivity contribution in [3.63, 3.8) is 0 Å². The fourth-order valence-electron chi connectivity index (χ4n) is 1.87. The van der Waals surface area contributed by atoms with E-state index in [0.717, 1.165) is 31.3 Å². The standard InChI is InChI=1S/C15H10Br2N2O/c16-11-7-13-15(19-8-11)14(5-6-18-13)20-9-10-3-1-2-4-12(10)17/h1-8H,9H2. The van der Waals surface area contributed by atoms with Crippen LogP contribution in [0.15, 0.2) is 57.7 Å². The molecule has 2 heterocycles. The van der Waals surface area contributed by atoms with Crippen LogP contribution in [0.4, 0.5) is 0 Å². The van der Waals surface area contributed by atoms with Gasteiger partial charge in [-0.25, -0.2) is 4.98 Å². The van der Waals surface area contributed by atoms with E-state index in [1.807, 2.05) is 36.4 Å². The highest BCUT2D eigenvalue weighted by Gasteiger charge is 2.06. The van der Waals surface area contributed by atoms with Gasteiger partial charge in [0.25, 0.3) is 0 Å². The number of fused-ring (bicyclic) bond motifs is 1. The normalized spacial score (nSPS) is 10.7. The summed E-state index contributed by atoms with van der Waals surface area (Å²) in [6, 6.07) is 11.8. The molecule has 0 atom stereocenters. The van der Waals surface area contributed by atoms with Gasteiger partial charge in [-0.1, -0.05) is 34.1 Å². The van der Waals surface area contributed by atoms with E-state index in [1.54, 1.807) is 12.4 Å². The van der Waals surface area contributed by atoms with Crippen LogP contribution in [-0.4, -0.2) is 9.97 Å². The summed E-state index contributed by atoms with van der Waals surface area (Å²) in [6.45, 7) is 0.484. The van der Waals surface area contributed by atoms with Gasteiger partial charge in [0.2, 0.25) is 0 Å². The minimum Gasteiger partial charge on any atom is -0.486 e. The maximum absolute atomic E-state index is 5.88. The van der Waals surface area contributed by atoms with E-state index in [2.05, 4.69) is 41.8 Å². The predicted molar refractivity (Wildman–Crippen MR) is 85.7 cm³/mol. The average Bonchev–Trinajstić information content (AvgIpc) is 2.46. The summed E-state index contributed by atoms with van der Waals surface area (Å²) in [6.07, 6.45) is 3.47. The van der Waals surface area contributed by atoms with Crippen LogP contribution in [0.5, 0.6) is 5.75 Å². The molecule has 100 valence electrons. The first-order valence-electron chi connectivity index (χ1n) is 6.00. The van der Waals surface area contributed by atoms with Gasteiger partial charge in [0, 0.05) is 33.0 Å². The molecule has 3 nitrogen and oxygen atoms in total. The molecule has 0 fully saturated rings. The lowest BCUT2D eigenvalue weighted by Crippen LogP contribution is -1.98. The molecule has 0 unspecified atom stereocenters. The van der Waals surface area contributed by atoms with E-state index in [4.69, 9.17) is 4.74 Å². The molecule has 3 aromatic rings. The van der Waals surface area contributed by atoms with Crippen molar-refractivity contribution >= 4 is 42.9 Å². The van der Waals surface area contributed by atoms with Gasteiger partial charge < -0.3 is 4.74 Å². The summed E-state index contributed by atoms with van der Waals surface area (Å²) < 4.78 is 7.82. The molecule has 3 rings (SSSR count). The highest BCUT2D eigenvalue weighted by atomic mass is 79.9. The van der Waals surface area contributed by atoms with Crippen molar-refractivity contribution in [1.29, 1.82) is 0 Å². The van der Waals surface area contributed by atoms with E-state index >= 15 is 0 Å². The number of aromatic nitrogens is 2. The van der Waals surface area contributed by atoms with Gasteiger partial charge in [-0.2, -0.15) is 0 Å². The van der Waals surface area contributed by atoms with Crippen LogP contribution in [0.25, 0.3) is 11.0 Å². The molecule has 1 aromatic carbocycles. The van der Waals surface area contributed by atoms with Crippen LogP contribution >= 0.6 is 31.9 Å². The van der Waals surface area contributed by atoms with Crippen LogP contribution in [0.1, 0.15) is 5.56 Å². The molecule has 0 amide bonds. The number of ether oxygens (including phenoxy) is 1. The Labute approximate surface area is 133 Å². The first-order valence-corrected chi connectivity index (χ1v) is 7.59. The third kappa shape index (κ3) is 2.83. The van der Waals surface area contributed by atoms with Gasteiger partial charge >= 0.3 is 0 Å². The lowest BCUT2D eigenvalue weighted by molar-refractivity contribution is 0.308. The number of rotatable bonds is 3. The molecule has 0 saturated heterocycles. The first kappa shape index (κ1) is 13.5. The second-order valence-corrected chi connectivity index (χ2v) is 5.98. The van der Waals surface area contributed by atoms with Gasteiger partial charge in [0.15, 0.2) is 0 Å². The van der Waals surface area contributed by atoms with Crippen LogP contribution in [0.3, 0.4) is 0 Å². The monoisotopic (exact) mass is 392 g/mol. The van der Waals surface area contributed by atoms with Crippen molar-refractivity contribution in [2.24, 2.45) is 0 Å². The van der Waals surface area contributed by atoms with Crippen LogP contribution < -0.4 is 4.74 Å². The lowest BCUT2D eigenvalue weighted by Gasteiger charge is -2.09. The van der Waals surface area contributed by atoms with E-state index in [1.165, 1.54) is 0 Å². The Balaban J connectivity index is 1.90. The van der Waals surface area contributed by atoms with Crippen LogP contribution in [-0.2, 0) is 6.61 Å². The predicted octanol–water partition coefficient (Wildman–Crippen LogP) is 4.73. The Hall–Kier alpha value is -1.46. The number of hydrogen-bond acceptors (Lipinski definition) is 3. The fourth-order valence-corrected chi connectivity index (χ4v) is 2.59. The molecule has 0 aliphatic rings. The average molecular weight is 394 g/mol. The Bertz CT molecular complexity index is 762. The number of pyridine rings is 2. The largest absolute Gasteiger partial charge is 0.486 e. The molecule has 0 spiro atoms. The zero-order chi connectivity index (χ0) is 13.9. The van der Waals surface area contributed by atoms with Crippen molar-refractivity contribution in [2.45, 2.75) is 6.61 Å². The minimum atomic E-state index is 0.484. The van der Waals surface area contributed by atoms with E-state index < -0.39 is 0 Å². The maximum atomic E-state index is 5.88. The lowest BCUT2D eigenvalue weighted by atomic mass is 10.2. The molecule has 20 heavy (non-hydrogen) atoms. The Morgan fingerprint density at radius 2 is 1.90 bits per heavy atom. The van der Waals surface area contributed by atoms with Gasteiger partial charge in [-0.3, -0.25) is 4.98 Å². The summed E-state index contributed by atoms with van der Waals surface area (Å²) >= 11 is 6.91. The molecule has 0 radical (unpaired) electrons. The first-order chi connectivity index (χ1) is 9.74. The molecular weight excluding hydrogens is 384 g/mol. The van der Waals surface area contributed by atoms with Gasteiger partial charge in [0.1, 0.15) is 17.9 Å². The molecule has 0 bridgehead atoms. The molecule has 5 heteroatoms. The zero-order valence-electron chi connectivity index (χ0n) is 10.4. The summed E-state index contributed by atoms with van der Waals surface area (Å²) in [5, 5.41) is 0. The van der Waals surface area contributed by atoms with Crippen molar-refractivity contribution < 1.29 is 4.74 Å². The van der Waals surface area contributed by atoms with Crippen molar-refractivity contribution in [2.75, 3.05) is 0 Å². The third-order valence-corrected chi connectivity index (χ3v) is 4.06. The summed E-state index contributed by atoms with van der Waals surface area (Å²) in [7, 11) is 0. The molecule has 0 aliphatic heterocycles. The van der Waals surface area contributed by atoms with E-state index in [9.17, 15) is 0 Å². The summed E-state index contributed by atoms with van der Waals surface area (Å²) in [5.41, 5.74) is 2.67. The van der Waals surface area contributed by atoms with E-state index in [-0.39, 0.29) is 0 Å². The second-order valence-electron chi connectivity index (χ2n) is 4.21. The van der Waals surface area contributed by atoms with Crippen LogP contribution in [0.2, 0.25) is 0 Å². The van der Waals surface area contributed by atoms with E-state index in [0.29, 0.717) is 6.61 Å². The van der Waals surface area contributed by atoms with Gasteiger partial charge in [-0.05, 0) is 28.1 Å². The Morgan fingerprint density at radius 1 is 1.05 bits per heavy atom. The number of benzene rings is 1. The highest BCUT2D eigenvalue weighted by molar-refractivity contribution is 9.10. The van der Waals surface area contributed by atoms with Crippen molar-refractivity contribution in [3.8, 4) is 5.75 Å². The molecule has 0 N–H and O–H groups in total. The topological polar surface area (TPSA) is 35.0 Å². The fraction of sp³-hybridized carbons (Fsp3) is 0.0667. The SMILES string of the molecule is Brc1cnc2c(OCc3ccccc3Br)ccnc2c1. The summed E-state index contributed by atoms with van der Waals surface area (Å²) in [5.74, 6) is 0.734. The van der Waals surface area contributed by atoms with Crippen LogP contribution in [0, 0.1) is 0 Å². The summed E-state index contributed by atoms with van der Waals surface area (Å²) in [4.78, 5) is 8.66. The molecule has 0 aliphatic carbocycles. The van der Waals surface area contributed by atoms with Crippen molar-refractivity contribution in [1.82, 2.24) is 9.97 Å². The van der Waals surface area contributed by atoms with Gasteiger partial charge in [0.05, 0.1) is 5.52 Å². The maximum Gasteiger partial charge on any atom is 0.149 e. The Kier molecular flexibility index (Phi) is 3.98. The highest BCUT2D eigenvalue weighted by Crippen LogP contribution is 2.25. The third-order valence-electron chi connectivity index (χ3n) is 2.85. The number of halogens is 2. The quantitative estimate of drug-likeness (QED) is 0.644. The molecule has 0 saturated carbocycles. The smallest absolute Gasteiger partial charge is 0.149 e.